The molecule has 1 aromatic carbocycles. The third-order valence-electron chi connectivity index (χ3n) is 9.08. The molecule has 2 aromatic rings. The minimum absolute atomic E-state index is 0.0850. The number of H-pyrrole nitrogens is 1. The van der Waals surface area contributed by atoms with Crippen LogP contribution in [0.15, 0.2) is 28.9 Å². The average Bonchev–Trinajstić information content (AvgIpc) is 3.44. The normalized spacial score (nSPS) is 25.7. The van der Waals surface area contributed by atoms with Gasteiger partial charge in [0.05, 0.1) is 23.1 Å². The zero-order valence-corrected chi connectivity index (χ0v) is 29.3. The van der Waals surface area contributed by atoms with E-state index in [4.69, 9.17) is 4.74 Å². The third kappa shape index (κ3) is 6.28. The molecule has 2 N–H and O–H groups in total. The van der Waals surface area contributed by atoms with Crippen LogP contribution in [0.2, 0.25) is 0 Å². The van der Waals surface area contributed by atoms with E-state index in [-0.39, 0.29) is 36.4 Å². The van der Waals surface area contributed by atoms with E-state index in [1.165, 1.54) is 15.8 Å². The maximum atomic E-state index is 14.0. The lowest BCUT2D eigenvalue weighted by atomic mass is 9.79. The van der Waals surface area contributed by atoms with Crippen LogP contribution in [0.4, 0.5) is 0 Å². The number of nitrogens with zero attached hydrogens (tertiary/aromatic N) is 3. The van der Waals surface area contributed by atoms with Crippen LogP contribution in [0.25, 0.3) is 16.5 Å². The quantitative estimate of drug-likeness (QED) is 0.363. The Morgan fingerprint density at radius 3 is 2.52 bits per heavy atom. The molecule has 5 atom stereocenters. The van der Waals surface area contributed by atoms with Gasteiger partial charge in [0.1, 0.15) is 6.29 Å². The summed E-state index contributed by atoms with van der Waals surface area (Å²) in [5, 5.41) is 4.25. The summed E-state index contributed by atoms with van der Waals surface area (Å²) in [4.78, 5) is 48.8. The number of carbonyl (C=O) groups excluding carboxylic acids is 3. The van der Waals surface area contributed by atoms with E-state index in [2.05, 4.69) is 75.0 Å². The summed E-state index contributed by atoms with van der Waals surface area (Å²) in [6.07, 6.45) is 3.73. The molecule has 0 spiro atoms. The van der Waals surface area contributed by atoms with Crippen molar-refractivity contribution in [1.82, 2.24) is 25.0 Å². The maximum absolute atomic E-state index is 14.0. The Kier molecular flexibility index (Phi) is 10.8. The zero-order chi connectivity index (χ0) is 32.5. The fourth-order valence-electron chi connectivity index (χ4n) is 6.70. The van der Waals surface area contributed by atoms with Gasteiger partial charge in [0.2, 0.25) is 11.6 Å². The molecule has 5 unspecified atom stereocenters. The molecular weight excluding hydrogens is 622 g/mol. The molecule has 1 fully saturated rings. The summed E-state index contributed by atoms with van der Waals surface area (Å²) in [6.45, 7) is 15.5. The van der Waals surface area contributed by atoms with Gasteiger partial charge in [-0.1, -0.05) is 66.7 Å². The lowest BCUT2D eigenvalue weighted by molar-refractivity contribution is -0.159. The smallest absolute Gasteiger partial charge is 0.278 e. The summed E-state index contributed by atoms with van der Waals surface area (Å²) in [6, 6.07) is 6.26. The average molecular weight is 673 g/mol. The van der Waals surface area contributed by atoms with E-state index in [1.807, 2.05) is 47.9 Å². The molecule has 2 amide bonds. The van der Waals surface area contributed by atoms with Crippen LogP contribution in [0.5, 0.6) is 0 Å². The highest BCUT2D eigenvalue weighted by Crippen LogP contribution is 2.44. The van der Waals surface area contributed by atoms with Gasteiger partial charge in [-0.05, 0) is 78.1 Å². The molecule has 9 nitrogen and oxygen atoms in total. The van der Waals surface area contributed by atoms with Crippen LogP contribution in [-0.4, -0.2) is 95.6 Å². The number of hydrogen-bond donors (Lipinski definition) is 2. The van der Waals surface area contributed by atoms with E-state index in [9.17, 15) is 14.4 Å². The Labute approximate surface area is 270 Å². The molecule has 44 heavy (non-hydrogen) atoms. The zero-order valence-electron chi connectivity index (χ0n) is 27.7. The van der Waals surface area contributed by atoms with Crippen LogP contribution in [0.3, 0.4) is 0 Å². The predicted octanol–water partition coefficient (Wildman–Crippen LogP) is 5.05. The topological polar surface area (TPSA) is 98.0 Å². The van der Waals surface area contributed by atoms with Gasteiger partial charge in [0, 0.05) is 29.4 Å². The standard InChI is InChI=1S/C30H40BrN5O4.C4H10/c1-7-23(34(5)8-2)28-36(12-13-37)29(39)30(40-28,17(3)4)33-27(38)18-14-20-19-10-9-11-22-25(19)21(26(31)32-22)15-24(20)35(6)16-18;1-4(2)3/h9-11,13-14,17-18,23-24,28,32H,7-8,12,15-16H2,1-6H3,(H,33,38);4H,1-3H3. The molecule has 242 valence electrons. The van der Waals surface area contributed by atoms with Gasteiger partial charge in [-0.2, -0.15) is 0 Å². The highest BCUT2D eigenvalue weighted by atomic mass is 79.9. The number of fused-ring (bicyclic) bond motifs is 2. The van der Waals surface area contributed by atoms with Gasteiger partial charge in [-0.3, -0.25) is 19.4 Å². The number of aldehydes is 1. The van der Waals surface area contributed by atoms with Crippen molar-refractivity contribution in [2.75, 3.05) is 33.7 Å². The molecule has 0 bridgehead atoms. The van der Waals surface area contributed by atoms with E-state index >= 15 is 0 Å². The number of rotatable bonds is 9. The Hall–Kier alpha value is -2.53. The second-order valence-corrected chi connectivity index (χ2v) is 14.1. The van der Waals surface area contributed by atoms with Crippen LogP contribution in [0.1, 0.15) is 66.0 Å². The molecule has 1 saturated heterocycles. The highest BCUT2D eigenvalue weighted by Gasteiger charge is 2.58. The number of hydrogen-bond acceptors (Lipinski definition) is 6. The van der Waals surface area contributed by atoms with Crippen molar-refractivity contribution in [3.63, 3.8) is 0 Å². The van der Waals surface area contributed by atoms with Crippen LogP contribution < -0.4 is 5.32 Å². The molecular formula is C34H50BrN5O4. The predicted molar refractivity (Wildman–Crippen MR) is 179 cm³/mol. The lowest BCUT2D eigenvalue weighted by Crippen LogP contribution is -2.60. The number of amides is 2. The number of benzene rings is 1. The number of halogens is 1. The molecule has 3 heterocycles. The monoisotopic (exact) mass is 671 g/mol. The summed E-state index contributed by atoms with van der Waals surface area (Å²) in [7, 11) is 4.03. The van der Waals surface area contributed by atoms with Gasteiger partial charge >= 0.3 is 0 Å². The first kappa shape index (κ1) is 34.3. The Morgan fingerprint density at radius 1 is 1.25 bits per heavy atom. The second-order valence-electron chi connectivity index (χ2n) is 13.3. The summed E-state index contributed by atoms with van der Waals surface area (Å²) < 4.78 is 7.56. The van der Waals surface area contributed by atoms with Crippen LogP contribution in [-0.2, 0) is 25.5 Å². The minimum atomic E-state index is -1.55. The molecule has 0 radical (unpaired) electrons. The molecule has 3 aliphatic rings. The first-order valence-electron chi connectivity index (χ1n) is 16.0. The van der Waals surface area contributed by atoms with E-state index < -0.39 is 17.9 Å². The summed E-state index contributed by atoms with van der Waals surface area (Å²) in [5.74, 6) is -0.606. The number of aromatic nitrogens is 1. The SMILES string of the molecule is CC(C)C.CCC(C1OC(NC(=O)C2C=C3c4cccc5[nH]c(Br)c(c45)CC3N(C)C2)(C(C)C)C(=O)N1CC=O)N(C)CC. The minimum Gasteiger partial charge on any atom is -0.349 e. The first-order valence-corrected chi connectivity index (χ1v) is 16.8. The fourth-order valence-corrected chi connectivity index (χ4v) is 7.27. The number of ether oxygens (including phenoxy) is 1. The molecule has 10 heteroatoms. The van der Waals surface area contributed by atoms with Crippen LogP contribution >= 0.6 is 15.9 Å². The Balaban J connectivity index is 0.00000104. The molecule has 5 rings (SSSR count). The molecule has 0 saturated carbocycles. The van der Waals surface area contributed by atoms with Gasteiger partial charge in [0.15, 0.2) is 6.23 Å². The van der Waals surface area contributed by atoms with Crippen molar-refractivity contribution in [3.05, 3.63) is 40.0 Å². The van der Waals surface area contributed by atoms with Crippen LogP contribution in [0, 0.1) is 17.8 Å². The van der Waals surface area contributed by atoms with Gasteiger partial charge in [0.25, 0.3) is 5.91 Å². The first-order chi connectivity index (χ1) is 20.8. The Bertz CT molecular complexity index is 1400. The van der Waals surface area contributed by atoms with Crippen molar-refractivity contribution in [2.45, 2.75) is 85.3 Å². The summed E-state index contributed by atoms with van der Waals surface area (Å²) in [5.41, 5.74) is 3.04. The number of aromatic amines is 1. The third-order valence-corrected chi connectivity index (χ3v) is 9.75. The number of likely N-dealkylation sites (N-methyl/N-ethyl adjacent to an activating group) is 2. The fraction of sp³-hybridized carbons (Fsp3) is 0.618. The van der Waals surface area contributed by atoms with E-state index in [0.717, 1.165) is 52.8 Å². The number of carbonyl (C=O) groups is 3. The molecule has 1 aliphatic carbocycles. The van der Waals surface area contributed by atoms with Gasteiger partial charge < -0.3 is 24.7 Å². The highest BCUT2D eigenvalue weighted by molar-refractivity contribution is 9.10. The molecule has 1 aromatic heterocycles. The Morgan fingerprint density at radius 2 is 1.93 bits per heavy atom. The maximum Gasteiger partial charge on any atom is 0.278 e. The van der Waals surface area contributed by atoms with Crippen molar-refractivity contribution < 1.29 is 19.1 Å². The lowest BCUT2D eigenvalue weighted by Gasteiger charge is -2.40. The van der Waals surface area contributed by atoms with Crippen molar-refractivity contribution in [2.24, 2.45) is 17.8 Å². The van der Waals surface area contributed by atoms with Crippen molar-refractivity contribution in [1.29, 1.82) is 0 Å². The largest absolute Gasteiger partial charge is 0.349 e. The molecule has 2 aliphatic heterocycles. The summed E-state index contributed by atoms with van der Waals surface area (Å²) >= 11 is 3.70. The van der Waals surface area contributed by atoms with Crippen molar-refractivity contribution >= 4 is 50.5 Å². The van der Waals surface area contributed by atoms with Gasteiger partial charge in [-0.15, -0.1) is 0 Å². The van der Waals surface area contributed by atoms with E-state index in [1.54, 1.807) is 0 Å². The van der Waals surface area contributed by atoms with Gasteiger partial charge in [-0.25, -0.2) is 0 Å². The second kappa shape index (κ2) is 13.8. The van der Waals surface area contributed by atoms with Crippen molar-refractivity contribution in [3.8, 4) is 0 Å². The number of nitrogens with one attached hydrogen (secondary N) is 2. The van der Waals surface area contributed by atoms with E-state index in [0.29, 0.717) is 6.54 Å².